The fourth-order valence-electron chi connectivity index (χ4n) is 3.59. The molecule has 33 heavy (non-hydrogen) atoms. The van der Waals surface area contributed by atoms with Gasteiger partial charge in [-0.1, -0.05) is 6.92 Å². The smallest absolute Gasteiger partial charge is 0.255 e. The number of aryl methyl sites for hydroxylation is 1. The molecule has 0 radical (unpaired) electrons. The SMILES string of the molecule is CCc1cc2c(C(=O)NC)c(-c3ccc(F)cc3)oc2nc1N(CCCC(C)=O)S(C)(=O)=O. The van der Waals surface area contributed by atoms with Crippen molar-refractivity contribution in [2.75, 3.05) is 24.2 Å². The predicted molar refractivity (Wildman–Crippen MR) is 124 cm³/mol. The third-order valence-electron chi connectivity index (χ3n) is 5.21. The van der Waals surface area contributed by atoms with Gasteiger partial charge < -0.3 is 14.5 Å². The lowest BCUT2D eigenvalue weighted by Gasteiger charge is -2.23. The Bertz CT molecular complexity index is 1300. The molecule has 0 bridgehead atoms. The average molecular weight is 476 g/mol. The number of benzene rings is 1. The third kappa shape index (κ3) is 5.22. The molecule has 1 N–H and O–H groups in total. The van der Waals surface area contributed by atoms with E-state index < -0.39 is 21.7 Å². The van der Waals surface area contributed by atoms with Crippen LogP contribution in [0, 0.1) is 5.82 Å². The summed E-state index contributed by atoms with van der Waals surface area (Å²) in [6.07, 6.45) is 2.11. The van der Waals surface area contributed by atoms with Crippen molar-refractivity contribution in [2.24, 2.45) is 0 Å². The number of pyridine rings is 1. The molecule has 0 saturated heterocycles. The quantitative estimate of drug-likeness (QED) is 0.506. The molecule has 3 rings (SSSR count). The van der Waals surface area contributed by atoms with Crippen LogP contribution in [0.15, 0.2) is 34.7 Å². The fourth-order valence-corrected chi connectivity index (χ4v) is 4.52. The second kappa shape index (κ2) is 9.70. The van der Waals surface area contributed by atoms with E-state index in [0.717, 1.165) is 10.6 Å². The van der Waals surface area contributed by atoms with Crippen molar-refractivity contribution >= 4 is 38.6 Å². The molecule has 0 saturated carbocycles. The Balaban J connectivity index is 2.23. The Morgan fingerprint density at radius 3 is 2.42 bits per heavy atom. The van der Waals surface area contributed by atoms with Crippen LogP contribution in [0.3, 0.4) is 0 Å². The summed E-state index contributed by atoms with van der Waals surface area (Å²) in [6.45, 7) is 3.38. The predicted octanol–water partition coefficient (Wildman–Crippen LogP) is 3.69. The van der Waals surface area contributed by atoms with Gasteiger partial charge in [-0.2, -0.15) is 4.98 Å². The molecule has 176 valence electrons. The van der Waals surface area contributed by atoms with Crippen molar-refractivity contribution in [3.8, 4) is 11.3 Å². The number of Topliss-reactive ketones (excluding diaryl/α,β-unsaturated/α-hetero) is 1. The van der Waals surface area contributed by atoms with Crippen molar-refractivity contribution in [3.63, 3.8) is 0 Å². The molecule has 0 aliphatic rings. The molecule has 1 aromatic carbocycles. The minimum atomic E-state index is -3.70. The van der Waals surface area contributed by atoms with Crippen molar-refractivity contribution in [1.82, 2.24) is 10.3 Å². The lowest BCUT2D eigenvalue weighted by molar-refractivity contribution is -0.117. The topological polar surface area (TPSA) is 110 Å². The second-order valence-electron chi connectivity index (χ2n) is 7.71. The molecule has 10 heteroatoms. The van der Waals surface area contributed by atoms with Crippen molar-refractivity contribution < 1.29 is 26.8 Å². The highest BCUT2D eigenvalue weighted by molar-refractivity contribution is 7.92. The highest BCUT2D eigenvalue weighted by Crippen LogP contribution is 2.36. The van der Waals surface area contributed by atoms with Gasteiger partial charge in [-0.25, -0.2) is 12.8 Å². The molecule has 0 spiro atoms. The number of furan rings is 1. The molecule has 1 amide bonds. The number of ketones is 1. The van der Waals surface area contributed by atoms with E-state index in [1.54, 1.807) is 6.07 Å². The van der Waals surface area contributed by atoms with Gasteiger partial charge in [0.2, 0.25) is 15.7 Å². The number of hydrogen-bond acceptors (Lipinski definition) is 6. The third-order valence-corrected chi connectivity index (χ3v) is 6.36. The minimum Gasteiger partial charge on any atom is -0.437 e. The van der Waals surface area contributed by atoms with Crippen LogP contribution < -0.4 is 9.62 Å². The van der Waals surface area contributed by atoms with Gasteiger partial charge in [0.25, 0.3) is 5.91 Å². The first-order valence-electron chi connectivity index (χ1n) is 10.5. The van der Waals surface area contributed by atoms with Gasteiger partial charge in [0.05, 0.1) is 17.2 Å². The van der Waals surface area contributed by atoms with Crippen molar-refractivity contribution in [3.05, 3.63) is 47.3 Å². The molecule has 0 aliphatic carbocycles. The van der Waals surface area contributed by atoms with Crippen LogP contribution in [0.2, 0.25) is 0 Å². The molecule has 8 nitrogen and oxygen atoms in total. The molecular weight excluding hydrogens is 449 g/mol. The van der Waals surface area contributed by atoms with Crippen LogP contribution in [0.5, 0.6) is 0 Å². The Hall–Kier alpha value is -3.27. The van der Waals surface area contributed by atoms with Crippen LogP contribution in [0.4, 0.5) is 10.2 Å². The number of carbonyl (C=O) groups excluding carboxylic acids is 2. The summed E-state index contributed by atoms with van der Waals surface area (Å²) in [5.41, 5.74) is 1.40. The molecule has 0 fully saturated rings. The maximum absolute atomic E-state index is 13.4. The Labute approximate surface area is 191 Å². The molecule has 0 unspecified atom stereocenters. The summed E-state index contributed by atoms with van der Waals surface area (Å²) in [5.74, 6) is -0.476. The van der Waals surface area contributed by atoms with Crippen LogP contribution in [-0.2, 0) is 21.2 Å². The number of halogens is 1. The zero-order chi connectivity index (χ0) is 24.3. The normalized spacial score (nSPS) is 11.5. The van der Waals surface area contributed by atoms with E-state index in [-0.39, 0.29) is 41.6 Å². The zero-order valence-electron chi connectivity index (χ0n) is 18.9. The Morgan fingerprint density at radius 1 is 1.21 bits per heavy atom. The Kier molecular flexibility index (Phi) is 7.16. The zero-order valence-corrected chi connectivity index (χ0v) is 19.8. The number of nitrogens with zero attached hydrogens (tertiary/aromatic N) is 2. The van der Waals surface area contributed by atoms with Gasteiger partial charge >= 0.3 is 0 Å². The van der Waals surface area contributed by atoms with Crippen molar-refractivity contribution in [2.45, 2.75) is 33.1 Å². The number of rotatable bonds is 9. The Morgan fingerprint density at radius 2 is 1.88 bits per heavy atom. The number of carbonyl (C=O) groups is 2. The monoisotopic (exact) mass is 475 g/mol. The number of anilines is 1. The first kappa shape index (κ1) is 24.4. The first-order valence-corrected chi connectivity index (χ1v) is 12.3. The summed E-state index contributed by atoms with van der Waals surface area (Å²) in [7, 11) is -2.22. The fraction of sp³-hybridized carbons (Fsp3) is 0.348. The minimum absolute atomic E-state index is 0.0345. The second-order valence-corrected chi connectivity index (χ2v) is 9.62. The van der Waals surface area contributed by atoms with Crippen LogP contribution in [0.25, 0.3) is 22.4 Å². The number of sulfonamides is 1. The summed E-state index contributed by atoms with van der Waals surface area (Å²) < 4.78 is 45.6. The molecular formula is C23H26FN3O5S. The van der Waals surface area contributed by atoms with E-state index in [9.17, 15) is 22.4 Å². The van der Waals surface area contributed by atoms with E-state index in [1.807, 2.05) is 6.92 Å². The van der Waals surface area contributed by atoms with Gasteiger partial charge in [-0.15, -0.1) is 0 Å². The number of nitrogens with one attached hydrogen (secondary N) is 1. The van der Waals surface area contributed by atoms with Crippen LogP contribution in [0.1, 0.15) is 42.6 Å². The maximum Gasteiger partial charge on any atom is 0.255 e. The maximum atomic E-state index is 13.4. The standard InChI is InChI=1S/C23H26FN3O5S/c1-5-15-13-18-19(22(29)25-3)20(16-8-10-17(24)11-9-16)32-23(18)26-21(15)27(33(4,30)31)12-6-7-14(2)28/h8-11,13H,5-7,12H2,1-4H3,(H,25,29). The van der Waals surface area contributed by atoms with Crippen LogP contribution in [-0.4, -0.2) is 44.9 Å². The number of aromatic nitrogens is 1. The largest absolute Gasteiger partial charge is 0.437 e. The van der Waals surface area contributed by atoms with E-state index >= 15 is 0 Å². The molecule has 0 atom stereocenters. The van der Waals surface area contributed by atoms with E-state index in [0.29, 0.717) is 29.4 Å². The summed E-state index contributed by atoms with van der Waals surface area (Å²) in [4.78, 5) is 28.6. The van der Waals surface area contributed by atoms with Gasteiger partial charge in [-0.3, -0.25) is 9.10 Å². The number of hydrogen-bond donors (Lipinski definition) is 1. The lowest BCUT2D eigenvalue weighted by atomic mass is 10.0. The summed E-state index contributed by atoms with van der Waals surface area (Å²) in [6, 6.07) is 7.19. The highest BCUT2D eigenvalue weighted by atomic mass is 32.2. The van der Waals surface area contributed by atoms with Gasteiger partial charge in [0, 0.05) is 25.6 Å². The van der Waals surface area contributed by atoms with Gasteiger partial charge in [-0.05, 0) is 55.7 Å². The summed E-state index contributed by atoms with van der Waals surface area (Å²) >= 11 is 0. The molecule has 2 heterocycles. The highest BCUT2D eigenvalue weighted by Gasteiger charge is 2.27. The molecule has 0 aliphatic heterocycles. The van der Waals surface area contributed by atoms with E-state index in [4.69, 9.17) is 4.42 Å². The van der Waals surface area contributed by atoms with Crippen LogP contribution >= 0.6 is 0 Å². The van der Waals surface area contributed by atoms with E-state index in [1.165, 1.54) is 38.2 Å². The first-order chi connectivity index (χ1) is 15.6. The van der Waals surface area contributed by atoms with E-state index in [2.05, 4.69) is 10.3 Å². The number of fused-ring (bicyclic) bond motifs is 1. The summed E-state index contributed by atoms with van der Waals surface area (Å²) in [5, 5.41) is 3.00. The lowest BCUT2D eigenvalue weighted by Crippen LogP contribution is -2.32. The molecule has 2 aromatic heterocycles. The number of amides is 1. The molecule has 3 aromatic rings. The average Bonchev–Trinajstić information content (AvgIpc) is 3.13. The van der Waals surface area contributed by atoms with Crippen molar-refractivity contribution in [1.29, 1.82) is 0 Å². The van der Waals surface area contributed by atoms with Gasteiger partial charge in [0.15, 0.2) is 0 Å². The van der Waals surface area contributed by atoms with Gasteiger partial charge in [0.1, 0.15) is 23.2 Å².